The molecule has 4 nitrogen and oxygen atoms in total. The summed E-state index contributed by atoms with van der Waals surface area (Å²) in [4.78, 5) is 10.7. The second-order valence-electron chi connectivity index (χ2n) is 3.55. The van der Waals surface area contributed by atoms with Crippen LogP contribution < -0.4 is 10.1 Å². The fraction of sp³-hybridized carbons (Fsp3) is 0.357. The lowest BCUT2D eigenvalue weighted by Gasteiger charge is -2.05. The van der Waals surface area contributed by atoms with E-state index in [2.05, 4.69) is 21.9 Å². The zero-order chi connectivity index (χ0) is 13.2. The van der Waals surface area contributed by atoms with Crippen molar-refractivity contribution in [2.75, 3.05) is 26.1 Å². The van der Waals surface area contributed by atoms with Crippen LogP contribution in [0.4, 0.5) is 5.69 Å². The number of hydrogen-bond acceptors (Lipinski definition) is 4. The lowest BCUT2D eigenvalue weighted by Crippen LogP contribution is -2.01. The number of benzene rings is 1. The molecule has 0 aliphatic heterocycles. The molecule has 0 radical (unpaired) electrons. The Kier molecular flexibility index (Phi) is 6.20. The molecule has 0 aliphatic carbocycles. The van der Waals surface area contributed by atoms with Crippen LogP contribution in [-0.4, -0.2) is 26.7 Å². The third-order valence-electron chi connectivity index (χ3n) is 2.27. The van der Waals surface area contributed by atoms with Gasteiger partial charge in [0.05, 0.1) is 14.2 Å². The van der Waals surface area contributed by atoms with Crippen LogP contribution in [0, 0.1) is 11.8 Å². The van der Waals surface area contributed by atoms with Gasteiger partial charge >= 0.3 is 5.97 Å². The highest BCUT2D eigenvalue weighted by Crippen LogP contribution is 2.14. The molecular weight excluding hydrogens is 230 g/mol. The van der Waals surface area contributed by atoms with Crippen molar-refractivity contribution < 1.29 is 14.3 Å². The van der Waals surface area contributed by atoms with E-state index >= 15 is 0 Å². The first-order chi connectivity index (χ1) is 8.76. The molecule has 0 saturated carbocycles. The number of anilines is 1. The van der Waals surface area contributed by atoms with Crippen molar-refractivity contribution in [2.45, 2.75) is 12.8 Å². The van der Waals surface area contributed by atoms with Crippen LogP contribution in [-0.2, 0) is 9.53 Å². The van der Waals surface area contributed by atoms with Crippen molar-refractivity contribution in [3.8, 4) is 17.6 Å². The van der Waals surface area contributed by atoms with Crippen molar-refractivity contribution in [1.82, 2.24) is 0 Å². The number of nitrogens with one attached hydrogen (secondary N) is 1. The molecule has 0 aromatic heterocycles. The van der Waals surface area contributed by atoms with Gasteiger partial charge in [0.15, 0.2) is 0 Å². The molecule has 0 spiro atoms. The number of unbranched alkanes of at least 4 members (excludes halogenated alkanes) is 1. The van der Waals surface area contributed by atoms with E-state index in [1.54, 1.807) is 7.11 Å². The number of ether oxygens (including phenoxy) is 2. The van der Waals surface area contributed by atoms with Gasteiger partial charge in [0.25, 0.3) is 0 Å². The average molecular weight is 247 g/mol. The molecule has 1 aromatic carbocycles. The zero-order valence-electron chi connectivity index (χ0n) is 10.7. The Labute approximate surface area is 107 Å². The molecule has 0 fully saturated rings. The van der Waals surface area contributed by atoms with Crippen LogP contribution in [0.25, 0.3) is 0 Å². The third kappa shape index (κ3) is 5.26. The summed E-state index contributed by atoms with van der Waals surface area (Å²) in [6.45, 7) is 0.808. The summed E-state index contributed by atoms with van der Waals surface area (Å²) in [6, 6.07) is 7.72. The largest absolute Gasteiger partial charge is 0.497 e. The number of rotatable bonds is 5. The number of carbonyl (C=O) groups is 1. The normalized spacial score (nSPS) is 9.00. The predicted molar refractivity (Wildman–Crippen MR) is 70.5 cm³/mol. The van der Waals surface area contributed by atoms with Gasteiger partial charge in [-0.25, -0.2) is 4.79 Å². The first-order valence-electron chi connectivity index (χ1n) is 5.71. The van der Waals surface area contributed by atoms with Gasteiger partial charge in [0, 0.05) is 24.6 Å². The molecular formula is C14H17NO3. The topological polar surface area (TPSA) is 47.6 Å². The number of methoxy groups -OCH3 is 2. The fourth-order valence-electron chi connectivity index (χ4n) is 1.30. The van der Waals surface area contributed by atoms with Crippen LogP contribution in [0.2, 0.25) is 0 Å². The highest BCUT2D eigenvalue weighted by atomic mass is 16.5. The van der Waals surface area contributed by atoms with Gasteiger partial charge in [-0.1, -0.05) is 5.92 Å². The maximum atomic E-state index is 10.7. The van der Waals surface area contributed by atoms with E-state index in [0.29, 0.717) is 6.42 Å². The third-order valence-corrected chi connectivity index (χ3v) is 2.27. The van der Waals surface area contributed by atoms with Gasteiger partial charge in [-0.2, -0.15) is 0 Å². The smallest absolute Gasteiger partial charge is 0.384 e. The molecule has 18 heavy (non-hydrogen) atoms. The van der Waals surface area contributed by atoms with E-state index in [1.807, 2.05) is 24.3 Å². The summed E-state index contributed by atoms with van der Waals surface area (Å²) in [5.74, 6) is 5.50. The van der Waals surface area contributed by atoms with Gasteiger partial charge in [0.2, 0.25) is 0 Å². The summed E-state index contributed by atoms with van der Waals surface area (Å²) in [7, 11) is 2.96. The van der Waals surface area contributed by atoms with E-state index in [1.165, 1.54) is 7.11 Å². The molecule has 1 N–H and O–H groups in total. The van der Waals surface area contributed by atoms with Crippen LogP contribution in [0.15, 0.2) is 24.3 Å². The average Bonchev–Trinajstić information content (AvgIpc) is 2.43. The van der Waals surface area contributed by atoms with Gasteiger partial charge in [-0.05, 0) is 30.7 Å². The van der Waals surface area contributed by atoms with Crippen LogP contribution in [0.3, 0.4) is 0 Å². The zero-order valence-corrected chi connectivity index (χ0v) is 10.7. The molecule has 4 heteroatoms. The fourth-order valence-corrected chi connectivity index (χ4v) is 1.30. The Hall–Kier alpha value is -2.15. The Morgan fingerprint density at radius 1 is 1.28 bits per heavy atom. The van der Waals surface area contributed by atoms with E-state index in [-0.39, 0.29) is 0 Å². The molecule has 0 saturated heterocycles. The molecule has 0 bridgehead atoms. The van der Waals surface area contributed by atoms with Gasteiger partial charge in [0.1, 0.15) is 5.75 Å². The van der Waals surface area contributed by atoms with Crippen molar-refractivity contribution in [2.24, 2.45) is 0 Å². The van der Waals surface area contributed by atoms with Gasteiger partial charge in [-0.3, -0.25) is 0 Å². The Morgan fingerprint density at radius 2 is 2.00 bits per heavy atom. The first kappa shape index (κ1) is 13.9. The summed E-state index contributed by atoms with van der Waals surface area (Å²) < 4.78 is 9.48. The quantitative estimate of drug-likeness (QED) is 0.374. The SMILES string of the molecule is COC(=O)C#CCCCNc1ccc(OC)cc1. The van der Waals surface area contributed by atoms with E-state index in [9.17, 15) is 4.79 Å². The summed E-state index contributed by atoms with van der Waals surface area (Å²) in [6.07, 6.45) is 1.54. The minimum absolute atomic E-state index is 0.488. The van der Waals surface area contributed by atoms with Crippen molar-refractivity contribution in [3.05, 3.63) is 24.3 Å². The lowest BCUT2D eigenvalue weighted by atomic mass is 10.2. The van der Waals surface area contributed by atoms with Gasteiger partial charge < -0.3 is 14.8 Å². The maximum absolute atomic E-state index is 10.7. The van der Waals surface area contributed by atoms with Crippen LogP contribution in [0.5, 0.6) is 5.75 Å². The first-order valence-corrected chi connectivity index (χ1v) is 5.71. The Balaban J connectivity index is 2.20. The van der Waals surface area contributed by atoms with Crippen LogP contribution in [0.1, 0.15) is 12.8 Å². The Bertz CT molecular complexity index is 429. The van der Waals surface area contributed by atoms with E-state index < -0.39 is 5.97 Å². The minimum atomic E-state index is -0.488. The standard InChI is InChI=1S/C14H17NO3/c1-17-13-9-7-12(8-10-13)15-11-5-3-4-6-14(16)18-2/h7-10,15H,3,5,11H2,1-2H3. The van der Waals surface area contributed by atoms with Crippen molar-refractivity contribution in [1.29, 1.82) is 0 Å². The van der Waals surface area contributed by atoms with E-state index in [0.717, 1.165) is 24.4 Å². The maximum Gasteiger partial charge on any atom is 0.384 e. The molecule has 1 rings (SSSR count). The highest BCUT2D eigenvalue weighted by molar-refractivity contribution is 5.88. The second kappa shape index (κ2) is 8.02. The molecule has 0 atom stereocenters. The minimum Gasteiger partial charge on any atom is -0.497 e. The van der Waals surface area contributed by atoms with Gasteiger partial charge in [-0.15, -0.1) is 0 Å². The summed E-state index contributed by atoms with van der Waals surface area (Å²) >= 11 is 0. The molecule has 0 unspecified atom stereocenters. The molecule has 1 aromatic rings. The highest BCUT2D eigenvalue weighted by Gasteiger charge is 1.93. The monoisotopic (exact) mass is 247 g/mol. The molecule has 0 heterocycles. The summed E-state index contributed by atoms with van der Waals surface area (Å²) in [5.41, 5.74) is 1.04. The second-order valence-corrected chi connectivity index (χ2v) is 3.55. The number of carbonyl (C=O) groups excluding carboxylic acids is 1. The lowest BCUT2D eigenvalue weighted by molar-refractivity contribution is -0.133. The molecule has 0 aliphatic rings. The van der Waals surface area contributed by atoms with Crippen molar-refractivity contribution >= 4 is 11.7 Å². The molecule has 0 amide bonds. The summed E-state index contributed by atoms with van der Waals surface area (Å²) in [5, 5.41) is 3.26. The van der Waals surface area contributed by atoms with Crippen molar-refractivity contribution in [3.63, 3.8) is 0 Å². The Morgan fingerprint density at radius 3 is 2.61 bits per heavy atom. The number of esters is 1. The predicted octanol–water partition coefficient (Wildman–Crippen LogP) is 2.06. The van der Waals surface area contributed by atoms with Crippen LogP contribution >= 0.6 is 0 Å². The molecule has 96 valence electrons. The number of hydrogen-bond donors (Lipinski definition) is 1. The van der Waals surface area contributed by atoms with E-state index in [4.69, 9.17) is 4.74 Å².